The van der Waals surface area contributed by atoms with Gasteiger partial charge in [-0.25, -0.2) is 0 Å². The van der Waals surface area contributed by atoms with Gasteiger partial charge >= 0.3 is 0 Å². The zero-order valence-electron chi connectivity index (χ0n) is 8.92. The van der Waals surface area contributed by atoms with Gasteiger partial charge in [-0.1, -0.05) is 0 Å². The molecular weight excluding hydrogens is 180 g/mol. The van der Waals surface area contributed by atoms with Gasteiger partial charge < -0.3 is 15.0 Å². The van der Waals surface area contributed by atoms with Crippen LogP contribution in [0.15, 0.2) is 0 Å². The lowest BCUT2D eigenvalue weighted by atomic mass is 10.4. The van der Waals surface area contributed by atoms with E-state index in [1.165, 1.54) is 25.9 Å². The average molecular weight is 200 g/mol. The third-order valence-corrected chi connectivity index (χ3v) is 2.39. The molecule has 1 aliphatic heterocycles. The van der Waals surface area contributed by atoms with Crippen molar-refractivity contribution in [3.05, 3.63) is 0 Å². The van der Waals surface area contributed by atoms with Crippen LogP contribution in [-0.2, 0) is 9.53 Å². The van der Waals surface area contributed by atoms with E-state index in [1.807, 2.05) is 6.92 Å². The van der Waals surface area contributed by atoms with Crippen molar-refractivity contribution >= 4 is 5.91 Å². The number of carbonyl (C=O) groups is 1. The van der Waals surface area contributed by atoms with Gasteiger partial charge in [-0.2, -0.15) is 0 Å². The molecule has 82 valence electrons. The van der Waals surface area contributed by atoms with Gasteiger partial charge in [-0.15, -0.1) is 0 Å². The molecule has 1 fully saturated rings. The molecule has 4 nitrogen and oxygen atoms in total. The number of hydrogen-bond donors (Lipinski definition) is 1. The standard InChI is InChI=1S/C10H20N2O2/c1-2-14-9-10(13)11-5-8-12-6-3-4-7-12/h2-9H2,1H3,(H,11,13). The van der Waals surface area contributed by atoms with Crippen molar-refractivity contribution in [3.8, 4) is 0 Å². The second-order valence-electron chi connectivity index (χ2n) is 3.54. The molecule has 0 unspecified atom stereocenters. The molecule has 4 heteroatoms. The van der Waals surface area contributed by atoms with Crippen LogP contribution in [0.25, 0.3) is 0 Å². The molecule has 0 saturated carbocycles. The number of nitrogens with zero attached hydrogens (tertiary/aromatic N) is 1. The van der Waals surface area contributed by atoms with Crippen molar-refractivity contribution in [2.24, 2.45) is 0 Å². The highest BCUT2D eigenvalue weighted by atomic mass is 16.5. The fourth-order valence-corrected chi connectivity index (χ4v) is 1.61. The number of likely N-dealkylation sites (tertiary alicyclic amines) is 1. The molecule has 1 N–H and O–H groups in total. The van der Waals surface area contributed by atoms with Gasteiger partial charge in [0.15, 0.2) is 0 Å². The van der Waals surface area contributed by atoms with Crippen LogP contribution in [0.1, 0.15) is 19.8 Å². The molecule has 0 spiro atoms. The van der Waals surface area contributed by atoms with E-state index in [2.05, 4.69) is 10.2 Å². The highest BCUT2D eigenvalue weighted by Crippen LogP contribution is 2.05. The highest BCUT2D eigenvalue weighted by Gasteiger charge is 2.10. The minimum atomic E-state index is -0.00829. The number of ether oxygens (including phenoxy) is 1. The van der Waals surface area contributed by atoms with Crippen LogP contribution in [0.4, 0.5) is 0 Å². The van der Waals surface area contributed by atoms with E-state index in [1.54, 1.807) is 0 Å². The van der Waals surface area contributed by atoms with Crippen LogP contribution >= 0.6 is 0 Å². The van der Waals surface area contributed by atoms with Crippen LogP contribution in [-0.4, -0.2) is 50.2 Å². The van der Waals surface area contributed by atoms with Crippen molar-refractivity contribution in [1.82, 2.24) is 10.2 Å². The zero-order chi connectivity index (χ0) is 10.2. The first kappa shape index (κ1) is 11.5. The third kappa shape index (κ3) is 4.58. The average Bonchev–Trinajstić information content (AvgIpc) is 2.67. The van der Waals surface area contributed by atoms with Crippen molar-refractivity contribution in [1.29, 1.82) is 0 Å². The van der Waals surface area contributed by atoms with E-state index in [4.69, 9.17) is 4.74 Å². The van der Waals surface area contributed by atoms with E-state index < -0.39 is 0 Å². The van der Waals surface area contributed by atoms with E-state index in [-0.39, 0.29) is 12.5 Å². The summed E-state index contributed by atoms with van der Waals surface area (Å²) in [6.45, 7) is 6.75. The van der Waals surface area contributed by atoms with Gasteiger partial charge in [0.1, 0.15) is 6.61 Å². The molecule has 1 rings (SSSR count). The zero-order valence-corrected chi connectivity index (χ0v) is 8.92. The van der Waals surface area contributed by atoms with Gasteiger partial charge in [0.2, 0.25) is 5.91 Å². The van der Waals surface area contributed by atoms with Crippen molar-refractivity contribution in [3.63, 3.8) is 0 Å². The second-order valence-corrected chi connectivity index (χ2v) is 3.54. The van der Waals surface area contributed by atoms with Gasteiger partial charge in [-0.05, 0) is 32.9 Å². The maximum absolute atomic E-state index is 11.1. The number of hydrogen-bond acceptors (Lipinski definition) is 3. The Morgan fingerprint density at radius 3 is 2.79 bits per heavy atom. The Morgan fingerprint density at radius 2 is 2.14 bits per heavy atom. The molecular formula is C10H20N2O2. The Balaban J connectivity index is 1.94. The lowest BCUT2D eigenvalue weighted by molar-refractivity contribution is -0.125. The monoisotopic (exact) mass is 200 g/mol. The summed E-state index contributed by atoms with van der Waals surface area (Å²) >= 11 is 0. The van der Waals surface area contributed by atoms with E-state index in [9.17, 15) is 4.79 Å². The number of nitrogens with one attached hydrogen (secondary N) is 1. The van der Waals surface area contributed by atoms with Crippen molar-refractivity contribution < 1.29 is 9.53 Å². The summed E-state index contributed by atoms with van der Waals surface area (Å²) in [4.78, 5) is 13.5. The fraction of sp³-hybridized carbons (Fsp3) is 0.900. The van der Waals surface area contributed by atoms with Crippen molar-refractivity contribution in [2.45, 2.75) is 19.8 Å². The van der Waals surface area contributed by atoms with Crippen LogP contribution in [0.3, 0.4) is 0 Å². The molecule has 1 amide bonds. The van der Waals surface area contributed by atoms with Gasteiger partial charge in [-0.3, -0.25) is 4.79 Å². The normalized spacial score (nSPS) is 17.2. The molecule has 0 bridgehead atoms. The molecule has 0 aliphatic carbocycles. The van der Waals surface area contributed by atoms with E-state index in [0.29, 0.717) is 6.61 Å². The van der Waals surface area contributed by atoms with Gasteiger partial charge in [0.25, 0.3) is 0 Å². The molecule has 1 aliphatic rings. The largest absolute Gasteiger partial charge is 0.372 e. The molecule has 0 aromatic heterocycles. The summed E-state index contributed by atoms with van der Waals surface area (Å²) in [7, 11) is 0. The predicted octanol–water partition coefficient (Wildman–Crippen LogP) is 0.235. The molecule has 1 heterocycles. The summed E-state index contributed by atoms with van der Waals surface area (Å²) < 4.78 is 4.99. The van der Waals surface area contributed by atoms with Crippen LogP contribution in [0, 0.1) is 0 Å². The summed E-state index contributed by atoms with van der Waals surface area (Å²) in [5, 5.41) is 2.84. The maximum atomic E-state index is 11.1. The first-order valence-electron chi connectivity index (χ1n) is 5.39. The SMILES string of the molecule is CCOCC(=O)NCCN1CCCC1. The Morgan fingerprint density at radius 1 is 1.43 bits per heavy atom. The fourth-order valence-electron chi connectivity index (χ4n) is 1.61. The molecule has 0 aromatic rings. The van der Waals surface area contributed by atoms with Crippen LogP contribution in [0.5, 0.6) is 0 Å². The molecule has 1 saturated heterocycles. The topological polar surface area (TPSA) is 41.6 Å². The summed E-state index contributed by atoms with van der Waals surface area (Å²) in [5.74, 6) is -0.00829. The third-order valence-electron chi connectivity index (χ3n) is 2.39. The van der Waals surface area contributed by atoms with Gasteiger partial charge in [0.05, 0.1) is 0 Å². The smallest absolute Gasteiger partial charge is 0.246 e. The maximum Gasteiger partial charge on any atom is 0.246 e. The molecule has 0 atom stereocenters. The first-order valence-corrected chi connectivity index (χ1v) is 5.39. The molecule has 0 aromatic carbocycles. The summed E-state index contributed by atoms with van der Waals surface area (Å²) in [5.41, 5.74) is 0. The second kappa shape index (κ2) is 6.79. The van der Waals surface area contributed by atoms with Crippen LogP contribution < -0.4 is 5.32 Å². The van der Waals surface area contributed by atoms with Crippen LogP contribution in [0.2, 0.25) is 0 Å². The Bertz CT molecular complexity index is 168. The number of rotatable bonds is 6. The quantitative estimate of drug-likeness (QED) is 0.667. The Hall–Kier alpha value is -0.610. The lowest BCUT2D eigenvalue weighted by Gasteiger charge is -2.14. The minimum absolute atomic E-state index is 0.00829. The number of amides is 1. The predicted molar refractivity (Wildman–Crippen MR) is 55.2 cm³/mol. The summed E-state index contributed by atoms with van der Waals surface area (Å²) in [6, 6.07) is 0. The van der Waals surface area contributed by atoms with E-state index >= 15 is 0 Å². The van der Waals surface area contributed by atoms with Crippen molar-refractivity contribution in [2.75, 3.05) is 39.4 Å². The van der Waals surface area contributed by atoms with Gasteiger partial charge in [0, 0.05) is 19.7 Å². The minimum Gasteiger partial charge on any atom is -0.372 e. The molecule has 0 radical (unpaired) electrons. The molecule has 14 heavy (non-hydrogen) atoms. The van der Waals surface area contributed by atoms with E-state index in [0.717, 1.165) is 13.1 Å². The Kier molecular flexibility index (Phi) is 5.56. The Labute approximate surface area is 85.6 Å². The highest BCUT2D eigenvalue weighted by molar-refractivity contribution is 5.77. The first-order chi connectivity index (χ1) is 6.83. The number of carbonyl (C=O) groups excluding carboxylic acids is 1. The lowest BCUT2D eigenvalue weighted by Crippen LogP contribution is -2.35. The summed E-state index contributed by atoms with van der Waals surface area (Å²) in [6.07, 6.45) is 2.60.